The van der Waals surface area contributed by atoms with Crippen molar-refractivity contribution < 1.29 is 9.21 Å². The Morgan fingerprint density at radius 2 is 1.88 bits per heavy atom. The lowest BCUT2D eigenvalue weighted by molar-refractivity contribution is -0.148. The van der Waals surface area contributed by atoms with Crippen molar-refractivity contribution in [3.8, 4) is 0 Å². The average Bonchev–Trinajstić information content (AvgIpc) is 3.17. The van der Waals surface area contributed by atoms with Gasteiger partial charge in [0.1, 0.15) is 5.76 Å². The third kappa shape index (κ3) is 3.63. The van der Waals surface area contributed by atoms with E-state index in [-0.39, 0.29) is 23.4 Å². The first-order valence-electron chi connectivity index (χ1n) is 9.30. The van der Waals surface area contributed by atoms with Crippen molar-refractivity contribution in [1.29, 1.82) is 0 Å². The van der Waals surface area contributed by atoms with Crippen LogP contribution in [0.25, 0.3) is 0 Å². The van der Waals surface area contributed by atoms with Crippen LogP contribution in [0.1, 0.15) is 76.4 Å². The summed E-state index contributed by atoms with van der Waals surface area (Å²) in [6.45, 7) is 6.23. The van der Waals surface area contributed by atoms with E-state index in [1.54, 1.807) is 12.5 Å². The highest BCUT2D eigenvalue weighted by Gasteiger charge is 2.42. The monoisotopic (exact) mass is 340 g/mol. The molecule has 1 fully saturated rings. The molecule has 0 radical (unpaired) electrons. The molecule has 4 nitrogen and oxygen atoms in total. The fourth-order valence-corrected chi connectivity index (χ4v) is 3.98. The van der Waals surface area contributed by atoms with Gasteiger partial charge in [-0.15, -0.1) is 0 Å². The van der Waals surface area contributed by atoms with Gasteiger partial charge < -0.3 is 9.32 Å². The van der Waals surface area contributed by atoms with E-state index >= 15 is 0 Å². The fourth-order valence-electron chi connectivity index (χ4n) is 3.98. The van der Waals surface area contributed by atoms with Gasteiger partial charge in [0.2, 0.25) is 5.91 Å². The molecule has 0 N–H and O–H groups in total. The third-order valence-electron chi connectivity index (χ3n) is 5.61. The standard InChI is InChI=1S/C21H28N2O2/c1-16(18-10-5-8-14-22-18)23(17(2)19-11-9-15-25-19)20(24)21(3)12-6-4-7-13-21/h5,8-11,14-17H,4,6-7,12-13H2,1-3H3. The second-order valence-corrected chi connectivity index (χ2v) is 7.46. The number of hydrogen-bond acceptors (Lipinski definition) is 3. The number of amides is 1. The highest BCUT2D eigenvalue weighted by Crippen LogP contribution is 2.42. The first kappa shape index (κ1) is 17.7. The number of pyridine rings is 1. The molecule has 0 aliphatic heterocycles. The highest BCUT2D eigenvalue weighted by atomic mass is 16.3. The molecule has 2 aromatic heterocycles. The maximum atomic E-state index is 13.6. The van der Waals surface area contributed by atoms with Gasteiger partial charge in [-0.05, 0) is 51.0 Å². The minimum absolute atomic E-state index is 0.104. The van der Waals surface area contributed by atoms with Crippen molar-refractivity contribution in [1.82, 2.24) is 9.88 Å². The molecule has 0 aromatic carbocycles. The van der Waals surface area contributed by atoms with Gasteiger partial charge >= 0.3 is 0 Å². The van der Waals surface area contributed by atoms with Crippen molar-refractivity contribution in [3.63, 3.8) is 0 Å². The van der Waals surface area contributed by atoms with Crippen molar-refractivity contribution >= 4 is 5.91 Å². The van der Waals surface area contributed by atoms with Crippen LogP contribution in [-0.2, 0) is 4.79 Å². The minimum Gasteiger partial charge on any atom is -0.467 e. The SMILES string of the molecule is CC(c1ccccn1)N(C(=O)C1(C)CCCCC1)C(C)c1ccco1. The molecule has 25 heavy (non-hydrogen) atoms. The molecule has 2 heterocycles. The van der Waals surface area contributed by atoms with E-state index in [2.05, 4.69) is 18.8 Å². The molecule has 1 aliphatic rings. The molecule has 0 bridgehead atoms. The smallest absolute Gasteiger partial charge is 0.229 e. The number of carbonyl (C=O) groups excluding carboxylic acids is 1. The van der Waals surface area contributed by atoms with Gasteiger partial charge in [0, 0.05) is 11.6 Å². The lowest BCUT2D eigenvalue weighted by atomic mass is 9.74. The van der Waals surface area contributed by atoms with E-state index in [0.29, 0.717) is 0 Å². The highest BCUT2D eigenvalue weighted by molar-refractivity contribution is 5.83. The van der Waals surface area contributed by atoms with E-state index < -0.39 is 0 Å². The van der Waals surface area contributed by atoms with Crippen LogP contribution < -0.4 is 0 Å². The maximum Gasteiger partial charge on any atom is 0.229 e. The summed E-state index contributed by atoms with van der Waals surface area (Å²) in [5.41, 5.74) is 0.621. The second-order valence-electron chi connectivity index (χ2n) is 7.46. The largest absolute Gasteiger partial charge is 0.467 e. The van der Waals surface area contributed by atoms with Gasteiger partial charge in [-0.3, -0.25) is 9.78 Å². The summed E-state index contributed by atoms with van der Waals surface area (Å²) in [6.07, 6.45) is 8.86. The molecule has 3 rings (SSSR count). The zero-order valence-electron chi connectivity index (χ0n) is 15.4. The predicted molar refractivity (Wildman–Crippen MR) is 97.8 cm³/mol. The van der Waals surface area contributed by atoms with Crippen LogP contribution >= 0.6 is 0 Å². The number of carbonyl (C=O) groups is 1. The van der Waals surface area contributed by atoms with Crippen molar-refractivity contribution in [3.05, 3.63) is 54.2 Å². The molecule has 0 spiro atoms. The van der Waals surface area contributed by atoms with Crippen LogP contribution in [0.3, 0.4) is 0 Å². The van der Waals surface area contributed by atoms with E-state index in [1.807, 2.05) is 42.2 Å². The Labute approximate surface area is 150 Å². The molecule has 1 saturated carbocycles. The van der Waals surface area contributed by atoms with E-state index in [4.69, 9.17) is 4.42 Å². The Balaban J connectivity index is 1.95. The average molecular weight is 340 g/mol. The molecule has 134 valence electrons. The molecule has 4 heteroatoms. The molecule has 0 saturated heterocycles. The summed E-state index contributed by atoms with van der Waals surface area (Å²) in [5, 5.41) is 0. The number of aromatic nitrogens is 1. The summed E-state index contributed by atoms with van der Waals surface area (Å²) >= 11 is 0. The van der Waals surface area contributed by atoms with Gasteiger partial charge in [-0.2, -0.15) is 0 Å². The maximum absolute atomic E-state index is 13.6. The summed E-state index contributed by atoms with van der Waals surface area (Å²) in [7, 11) is 0. The third-order valence-corrected chi connectivity index (χ3v) is 5.61. The van der Waals surface area contributed by atoms with Gasteiger partial charge in [-0.1, -0.05) is 32.3 Å². The zero-order valence-corrected chi connectivity index (χ0v) is 15.4. The van der Waals surface area contributed by atoms with Crippen LogP contribution in [0.15, 0.2) is 47.2 Å². The van der Waals surface area contributed by atoms with Gasteiger partial charge in [0.05, 0.1) is 24.0 Å². The molecule has 2 aromatic rings. The van der Waals surface area contributed by atoms with Crippen molar-refractivity contribution in [2.45, 2.75) is 65.0 Å². The Kier molecular flexibility index (Phi) is 5.26. The summed E-state index contributed by atoms with van der Waals surface area (Å²) in [5.74, 6) is 1.03. The quantitative estimate of drug-likeness (QED) is 0.742. The summed E-state index contributed by atoms with van der Waals surface area (Å²) in [4.78, 5) is 20.1. The lowest BCUT2D eigenvalue weighted by Gasteiger charge is -2.42. The number of furan rings is 1. The van der Waals surface area contributed by atoms with Crippen LogP contribution in [0.5, 0.6) is 0 Å². The topological polar surface area (TPSA) is 46.3 Å². The van der Waals surface area contributed by atoms with Gasteiger partial charge in [-0.25, -0.2) is 0 Å². The Hall–Kier alpha value is -2.10. The number of nitrogens with zero attached hydrogens (tertiary/aromatic N) is 2. The molecule has 2 atom stereocenters. The Morgan fingerprint density at radius 3 is 2.48 bits per heavy atom. The lowest BCUT2D eigenvalue weighted by Crippen LogP contribution is -2.45. The fraction of sp³-hybridized carbons (Fsp3) is 0.524. The summed E-state index contributed by atoms with van der Waals surface area (Å²) in [6, 6.07) is 9.46. The summed E-state index contributed by atoms with van der Waals surface area (Å²) < 4.78 is 5.62. The molecular weight excluding hydrogens is 312 g/mol. The normalized spacial score (nSPS) is 19.2. The molecule has 1 amide bonds. The van der Waals surface area contributed by atoms with Crippen LogP contribution in [0, 0.1) is 5.41 Å². The predicted octanol–water partition coefficient (Wildman–Crippen LogP) is 5.30. The van der Waals surface area contributed by atoms with Gasteiger partial charge in [0.15, 0.2) is 0 Å². The first-order valence-corrected chi connectivity index (χ1v) is 9.30. The first-order chi connectivity index (χ1) is 12.0. The van der Waals surface area contributed by atoms with Crippen LogP contribution in [0.4, 0.5) is 0 Å². The van der Waals surface area contributed by atoms with Crippen molar-refractivity contribution in [2.75, 3.05) is 0 Å². The second kappa shape index (κ2) is 7.42. The van der Waals surface area contributed by atoms with Crippen molar-refractivity contribution in [2.24, 2.45) is 5.41 Å². The number of hydrogen-bond donors (Lipinski definition) is 0. The van der Waals surface area contributed by atoms with E-state index in [9.17, 15) is 4.79 Å². The Morgan fingerprint density at radius 1 is 1.12 bits per heavy atom. The van der Waals surface area contributed by atoms with Crippen LogP contribution in [-0.4, -0.2) is 15.8 Å². The van der Waals surface area contributed by atoms with Gasteiger partial charge in [0.25, 0.3) is 0 Å². The minimum atomic E-state index is -0.290. The van der Waals surface area contributed by atoms with E-state index in [1.165, 1.54) is 6.42 Å². The Bertz CT molecular complexity index is 675. The zero-order chi connectivity index (χ0) is 17.9. The van der Waals surface area contributed by atoms with Crippen LogP contribution in [0.2, 0.25) is 0 Å². The molecule has 1 aliphatic carbocycles. The molecule has 2 unspecified atom stereocenters. The van der Waals surface area contributed by atoms with E-state index in [0.717, 1.165) is 37.1 Å². The molecular formula is C21H28N2O2. The number of rotatable bonds is 5.